The third-order valence-corrected chi connectivity index (χ3v) is 5.68. The fourth-order valence-electron chi connectivity index (χ4n) is 3.65. The SMILES string of the molecule is Cc1ccc(-c2cccc(CCc3noc4cc(OC(C)(C)C(=O)O)c(C)cc34)c2)cc1. The Balaban J connectivity index is 1.53. The number of aromatic nitrogens is 1. The number of rotatable bonds is 7. The Labute approximate surface area is 187 Å². The molecule has 5 nitrogen and oxygen atoms in total. The standard InChI is InChI=1S/C27H27NO4/c1-17-8-11-20(12-9-17)21-7-5-6-19(15-21)10-13-23-22-14-18(2)24(16-25(22)32-28-23)31-27(3,4)26(29)30/h5-9,11-12,14-16H,10,13H2,1-4H3,(H,29,30). The predicted octanol–water partition coefficient (Wildman–Crippen LogP) is 6.14. The van der Waals surface area contributed by atoms with E-state index in [0.717, 1.165) is 29.5 Å². The summed E-state index contributed by atoms with van der Waals surface area (Å²) in [5, 5.41) is 14.5. The van der Waals surface area contributed by atoms with Gasteiger partial charge in [0.05, 0.1) is 5.69 Å². The molecule has 0 aliphatic heterocycles. The molecule has 3 aromatic carbocycles. The molecule has 1 heterocycles. The molecular formula is C27H27NO4. The zero-order chi connectivity index (χ0) is 22.9. The largest absolute Gasteiger partial charge is 0.478 e. The number of nitrogens with zero attached hydrogens (tertiary/aromatic N) is 1. The van der Waals surface area contributed by atoms with Gasteiger partial charge in [-0.15, -0.1) is 0 Å². The lowest BCUT2D eigenvalue weighted by Crippen LogP contribution is -2.38. The van der Waals surface area contributed by atoms with Gasteiger partial charge < -0.3 is 14.4 Å². The van der Waals surface area contributed by atoms with Crippen LogP contribution in [-0.4, -0.2) is 21.8 Å². The Kier molecular flexibility index (Phi) is 5.74. The molecule has 0 atom stereocenters. The monoisotopic (exact) mass is 429 g/mol. The van der Waals surface area contributed by atoms with Crippen LogP contribution in [0.5, 0.6) is 5.75 Å². The molecule has 164 valence electrons. The van der Waals surface area contributed by atoms with Crippen molar-refractivity contribution in [1.29, 1.82) is 0 Å². The van der Waals surface area contributed by atoms with E-state index in [1.807, 2.05) is 13.0 Å². The third-order valence-electron chi connectivity index (χ3n) is 5.68. The molecule has 4 aromatic rings. The van der Waals surface area contributed by atoms with Gasteiger partial charge in [-0.3, -0.25) is 0 Å². The summed E-state index contributed by atoms with van der Waals surface area (Å²) in [5.74, 6) is -0.540. The number of ether oxygens (including phenoxy) is 1. The van der Waals surface area contributed by atoms with Crippen LogP contribution in [0.1, 0.15) is 36.2 Å². The Morgan fingerprint density at radius 2 is 1.75 bits per heavy atom. The normalized spacial score (nSPS) is 11.6. The van der Waals surface area contributed by atoms with Gasteiger partial charge in [-0.2, -0.15) is 0 Å². The summed E-state index contributed by atoms with van der Waals surface area (Å²) in [6.45, 7) is 7.03. The highest BCUT2D eigenvalue weighted by Crippen LogP contribution is 2.31. The van der Waals surface area contributed by atoms with Crippen LogP contribution in [0, 0.1) is 13.8 Å². The lowest BCUT2D eigenvalue weighted by atomic mass is 9.99. The van der Waals surface area contributed by atoms with E-state index < -0.39 is 11.6 Å². The second-order valence-electron chi connectivity index (χ2n) is 8.73. The minimum Gasteiger partial charge on any atom is -0.478 e. The van der Waals surface area contributed by atoms with Crippen LogP contribution in [0.25, 0.3) is 22.1 Å². The van der Waals surface area contributed by atoms with Crippen molar-refractivity contribution in [1.82, 2.24) is 5.16 Å². The van der Waals surface area contributed by atoms with Gasteiger partial charge in [0.25, 0.3) is 0 Å². The molecule has 1 aromatic heterocycles. The predicted molar refractivity (Wildman–Crippen MR) is 125 cm³/mol. The highest BCUT2D eigenvalue weighted by atomic mass is 16.5. The molecule has 0 fully saturated rings. The molecule has 4 rings (SSSR count). The first-order chi connectivity index (χ1) is 15.2. The van der Waals surface area contributed by atoms with Crippen LogP contribution in [0.4, 0.5) is 0 Å². The van der Waals surface area contributed by atoms with Gasteiger partial charge in [0.1, 0.15) is 5.75 Å². The van der Waals surface area contributed by atoms with Crippen molar-refractivity contribution >= 4 is 16.9 Å². The number of aliphatic carboxylic acids is 1. The Hall–Kier alpha value is -3.60. The maximum absolute atomic E-state index is 11.4. The minimum atomic E-state index is -1.33. The zero-order valence-corrected chi connectivity index (χ0v) is 18.8. The number of benzene rings is 3. The van der Waals surface area contributed by atoms with Gasteiger partial charge in [0.2, 0.25) is 0 Å². The molecule has 1 N–H and O–H groups in total. The number of hydrogen-bond donors (Lipinski definition) is 1. The second-order valence-corrected chi connectivity index (χ2v) is 8.73. The number of carbonyl (C=O) groups is 1. The number of fused-ring (bicyclic) bond motifs is 1. The average molecular weight is 430 g/mol. The van der Waals surface area contributed by atoms with Gasteiger partial charge >= 0.3 is 5.97 Å². The van der Waals surface area contributed by atoms with Gasteiger partial charge in [-0.25, -0.2) is 4.79 Å². The summed E-state index contributed by atoms with van der Waals surface area (Å²) in [7, 11) is 0. The van der Waals surface area contributed by atoms with E-state index in [-0.39, 0.29) is 0 Å². The van der Waals surface area contributed by atoms with Gasteiger partial charge in [-0.1, -0.05) is 59.3 Å². The van der Waals surface area contributed by atoms with E-state index in [1.54, 1.807) is 6.07 Å². The van der Waals surface area contributed by atoms with Crippen molar-refractivity contribution in [3.05, 3.63) is 83.0 Å². The highest BCUT2D eigenvalue weighted by molar-refractivity contribution is 5.83. The van der Waals surface area contributed by atoms with Crippen molar-refractivity contribution in [3.63, 3.8) is 0 Å². The Morgan fingerprint density at radius 1 is 1.00 bits per heavy atom. The van der Waals surface area contributed by atoms with Crippen LogP contribution in [0.15, 0.2) is 65.2 Å². The van der Waals surface area contributed by atoms with Crippen molar-refractivity contribution < 1.29 is 19.2 Å². The van der Waals surface area contributed by atoms with E-state index in [0.29, 0.717) is 11.3 Å². The Bertz CT molecular complexity index is 1270. The van der Waals surface area contributed by atoms with Gasteiger partial charge in [0, 0.05) is 11.5 Å². The van der Waals surface area contributed by atoms with Crippen LogP contribution >= 0.6 is 0 Å². The number of aryl methyl sites for hydroxylation is 4. The molecule has 0 saturated carbocycles. The van der Waals surface area contributed by atoms with Crippen molar-refractivity contribution in [2.75, 3.05) is 0 Å². The minimum absolute atomic E-state index is 0.485. The maximum atomic E-state index is 11.4. The molecule has 5 heteroatoms. The fourth-order valence-corrected chi connectivity index (χ4v) is 3.65. The fraction of sp³-hybridized carbons (Fsp3) is 0.259. The lowest BCUT2D eigenvalue weighted by molar-refractivity contribution is -0.152. The summed E-state index contributed by atoms with van der Waals surface area (Å²) in [5.41, 5.74) is 5.88. The summed E-state index contributed by atoms with van der Waals surface area (Å²) in [6, 6.07) is 20.8. The average Bonchev–Trinajstić information content (AvgIpc) is 3.14. The summed E-state index contributed by atoms with van der Waals surface area (Å²) in [4.78, 5) is 11.4. The first-order valence-electron chi connectivity index (χ1n) is 10.7. The zero-order valence-electron chi connectivity index (χ0n) is 18.8. The molecule has 0 spiro atoms. The van der Waals surface area contributed by atoms with Crippen LogP contribution in [0.2, 0.25) is 0 Å². The molecule has 0 saturated heterocycles. The molecule has 0 radical (unpaired) electrons. The number of carboxylic acids is 1. The van der Waals surface area contributed by atoms with Crippen LogP contribution < -0.4 is 4.74 Å². The molecular weight excluding hydrogens is 402 g/mol. The summed E-state index contributed by atoms with van der Waals surface area (Å²) in [6.07, 6.45) is 1.58. The molecule has 32 heavy (non-hydrogen) atoms. The number of carboxylic acid groups (broad SMARTS) is 1. The van der Waals surface area contributed by atoms with E-state index in [9.17, 15) is 9.90 Å². The maximum Gasteiger partial charge on any atom is 0.347 e. The van der Waals surface area contributed by atoms with Gasteiger partial charge in [0.15, 0.2) is 11.2 Å². The van der Waals surface area contributed by atoms with E-state index in [1.165, 1.54) is 36.1 Å². The Morgan fingerprint density at radius 3 is 2.47 bits per heavy atom. The number of hydrogen-bond acceptors (Lipinski definition) is 4. The highest BCUT2D eigenvalue weighted by Gasteiger charge is 2.30. The van der Waals surface area contributed by atoms with E-state index in [4.69, 9.17) is 9.26 Å². The third kappa shape index (κ3) is 4.52. The molecule has 0 aliphatic rings. The van der Waals surface area contributed by atoms with Gasteiger partial charge in [-0.05, 0) is 68.9 Å². The van der Waals surface area contributed by atoms with E-state index >= 15 is 0 Å². The van der Waals surface area contributed by atoms with Crippen LogP contribution in [-0.2, 0) is 17.6 Å². The first-order valence-corrected chi connectivity index (χ1v) is 10.7. The van der Waals surface area contributed by atoms with Crippen molar-refractivity contribution in [2.24, 2.45) is 0 Å². The molecule has 0 bridgehead atoms. The molecule has 0 amide bonds. The lowest BCUT2D eigenvalue weighted by Gasteiger charge is -2.22. The topological polar surface area (TPSA) is 72.6 Å². The molecule has 0 unspecified atom stereocenters. The summed E-state index contributed by atoms with van der Waals surface area (Å²) >= 11 is 0. The molecule has 0 aliphatic carbocycles. The first kappa shape index (κ1) is 21.6. The van der Waals surface area contributed by atoms with Crippen LogP contribution in [0.3, 0.4) is 0 Å². The quantitative estimate of drug-likeness (QED) is 0.382. The summed E-state index contributed by atoms with van der Waals surface area (Å²) < 4.78 is 11.3. The second kappa shape index (κ2) is 8.50. The smallest absolute Gasteiger partial charge is 0.347 e. The van der Waals surface area contributed by atoms with E-state index in [2.05, 4.69) is 60.6 Å². The van der Waals surface area contributed by atoms with Crippen molar-refractivity contribution in [3.8, 4) is 16.9 Å². The van der Waals surface area contributed by atoms with Crippen molar-refractivity contribution in [2.45, 2.75) is 46.1 Å².